The lowest BCUT2D eigenvalue weighted by atomic mass is 9.82. The van der Waals surface area contributed by atoms with E-state index >= 15 is 0 Å². The zero-order chi connectivity index (χ0) is 18.3. The second kappa shape index (κ2) is 6.65. The van der Waals surface area contributed by atoms with Crippen LogP contribution in [-0.2, 0) is 4.79 Å². The molecule has 1 saturated carbocycles. The average molecular weight is 356 g/mol. The maximum absolute atomic E-state index is 13.1. The van der Waals surface area contributed by atoms with Gasteiger partial charge in [-0.15, -0.1) is 0 Å². The van der Waals surface area contributed by atoms with Gasteiger partial charge in [0, 0.05) is 51.7 Å². The number of nitrogens with zero attached hydrogens (tertiary/aromatic N) is 4. The van der Waals surface area contributed by atoms with E-state index in [0.717, 1.165) is 44.1 Å². The molecular weight excluding hydrogens is 328 g/mol. The molecule has 0 N–H and O–H groups in total. The number of amides is 2. The number of carbonyl (C=O) groups excluding carboxylic acids is 2. The zero-order valence-corrected chi connectivity index (χ0v) is 15.8. The van der Waals surface area contributed by atoms with Crippen molar-refractivity contribution in [2.75, 3.05) is 39.8 Å². The Morgan fingerprint density at radius 3 is 2.54 bits per heavy atom. The largest absolute Gasteiger partial charge is 0.343 e. The molecule has 26 heavy (non-hydrogen) atoms. The van der Waals surface area contributed by atoms with Gasteiger partial charge in [0.25, 0.3) is 5.91 Å². The summed E-state index contributed by atoms with van der Waals surface area (Å²) in [5, 5.41) is 0. The van der Waals surface area contributed by atoms with Crippen molar-refractivity contribution in [1.82, 2.24) is 19.7 Å². The molecule has 6 nitrogen and oxygen atoms in total. The summed E-state index contributed by atoms with van der Waals surface area (Å²) in [6, 6.07) is 3.71. The number of hydrogen-bond acceptors (Lipinski definition) is 4. The van der Waals surface area contributed by atoms with Gasteiger partial charge in [0.2, 0.25) is 5.91 Å². The van der Waals surface area contributed by atoms with Crippen LogP contribution in [0.3, 0.4) is 0 Å². The van der Waals surface area contributed by atoms with E-state index in [1.165, 1.54) is 12.8 Å². The molecule has 1 spiro atoms. The number of carbonyl (C=O) groups is 2. The first-order valence-corrected chi connectivity index (χ1v) is 9.72. The number of rotatable bonds is 3. The SMILES string of the molecule is Cc1ccc(C(=O)N2CCC3(CC2)C(=O)N(C)CCN3CC2CC2)cn1. The fourth-order valence-electron chi connectivity index (χ4n) is 4.34. The third-order valence-electron chi connectivity index (χ3n) is 6.27. The summed E-state index contributed by atoms with van der Waals surface area (Å²) >= 11 is 0. The Labute approximate surface area is 155 Å². The van der Waals surface area contributed by atoms with E-state index in [1.54, 1.807) is 6.20 Å². The number of piperazine rings is 1. The molecule has 0 unspecified atom stereocenters. The second-order valence-electron chi connectivity index (χ2n) is 8.13. The van der Waals surface area contributed by atoms with Crippen molar-refractivity contribution in [3.8, 4) is 0 Å². The molecule has 3 aliphatic rings. The highest BCUT2D eigenvalue weighted by molar-refractivity contribution is 5.94. The first kappa shape index (κ1) is 17.5. The van der Waals surface area contributed by atoms with Crippen LogP contribution in [0.1, 0.15) is 41.7 Å². The van der Waals surface area contributed by atoms with Crippen LogP contribution >= 0.6 is 0 Å². The molecule has 2 aliphatic heterocycles. The first-order valence-electron chi connectivity index (χ1n) is 9.72. The summed E-state index contributed by atoms with van der Waals surface area (Å²) in [5.74, 6) is 1.03. The third-order valence-corrected chi connectivity index (χ3v) is 6.27. The van der Waals surface area contributed by atoms with Gasteiger partial charge < -0.3 is 9.80 Å². The van der Waals surface area contributed by atoms with Crippen molar-refractivity contribution in [2.45, 2.75) is 38.1 Å². The van der Waals surface area contributed by atoms with Crippen molar-refractivity contribution in [2.24, 2.45) is 5.92 Å². The van der Waals surface area contributed by atoms with Gasteiger partial charge in [0.05, 0.1) is 5.56 Å². The van der Waals surface area contributed by atoms with Crippen LogP contribution in [0, 0.1) is 12.8 Å². The van der Waals surface area contributed by atoms with Gasteiger partial charge in [-0.3, -0.25) is 19.5 Å². The van der Waals surface area contributed by atoms with Gasteiger partial charge in [0.15, 0.2) is 0 Å². The second-order valence-corrected chi connectivity index (χ2v) is 8.13. The highest BCUT2D eigenvalue weighted by Crippen LogP contribution is 2.38. The minimum Gasteiger partial charge on any atom is -0.343 e. The van der Waals surface area contributed by atoms with Crippen molar-refractivity contribution in [1.29, 1.82) is 0 Å². The Hall–Kier alpha value is -1.95. The molecule has 0 bridgehead atoms. The average Bonchev–Trinajstić information content (AvgIpc) is 3.47. The molecule has 3 fully saturated rings. The summed E-state index contributed by atoms with van der Waals surface area (Å²) in [7, 11) is 1.91. The van der Waals surface area contributed by atoms with E-state index in [2.05, 4.69) is 9.88 Å². The quantitative estimate of drug-likeness (QED) is 0.825. The first-order chi connectivity index (χ1) is 12.5. The molecule has 0 radical (unpaired) electrons. The Kier molecular flexibility index (Phi) is 4.47. The van der Waals surface area contributed by atoms with Gasteiger partial charge >= 0.3 is 0 Å². The fourth-order valence-corrected chi connectivity index (χ4v) is 4.34. The molecule has 0 atom stereocenters. The molecule has 4 rings (SSSR count). The predicted octanol–water partition coefficient (Wildman–Crippen LogP) is 1.55. The number of hydrogen-bond donors (Lipinski definition) is 0. The molecular formula is C20H28N4O2. The Morgan fingerprint density at radius 1 is 1.19 bits per heavy atom. The van der Waals surface area contributed by atoms with Crippen molar-refractivity contribution < 1.29 is 9.59 Å². The minimum absolute atomic E-state index is 0.0257. The van der Waals surface area contributed by atoms with E-state index in [4.69, 9.17) is 0 Å². The Morgan fingerprint density at radius 2 is 1.92 bits per heavy atom. The maximum Gasteiger partial charge on any atom is 0.255 e. The van der Waals surface area contributed by atoms with Crippen molar-refractivity contribution in [3.05, 3.63) is 29.6 Å². The van der Waals surface area contributed by atoms with E-state index in [-0.39, 0.29) is 11.8 Å². The number of aromatic nitrogens is 1. The molecule has 140 valence electrons. The lowest BCUT2D eigenvalue weighted by Crippen LogP contribution is -2.68. The molecule has 2 amide bonds. The molecule has 2 saturated heterocycles. The number of likely N-dealkylation sites (tertiary alicyclic amines) is 1. The summed E-state index contributed by atoms with van der Waals surface area (Å²) in [6.07, 6.45) is 5.70. The van der Waals surface area contributed by atoms with Gasteiger partial charge in [-0.1, -0.05) is 0 Å². The number of pyridine rings is 1. The third kappa shape index (κ3) is 3.11. The van der Waals surface area contributed by atoms with Crippen LogP contribution in [0.15, 0.2) is 18.3 Å². The lowest BCUT2D eigenvalue weighted by Gasteiger charge is -2.52. The van der Waals surface area contributed by atoms with Crippen molar-refractivity contribution >= 4 is 11.8 Å². The minimum atomic E-state index is -0.405. The van der Waals surface area contributed by atoms with Crippen LogP contribution in [0.2, 0.25) is 0 Å². The van der Waals surface area contributed by atoms with Gasteiger partial charge in [-0.2, -0.15) is 0 Å². The summed E-state index contributed by atoms with van der Waals surface area (Å²) in [6.45, 7) is 5.98. The molecule has 1 aromatic rings. The standard InChI is InChI=1S/C20H28N4O2/c1-15-3-6-17(13-21-15)18(25)23-9-7-20(8-10-23)19(26)22(2)11-12-24(20)14-16-4-5-16/h3,6,13,16H,4-5,7-12,14H2,1-2H3. The van der Waals surface area contributed by atoms with E-state index in [9.17, 15) is 9.59 Å². The van der Waals surface area contributed by atoms with Gasteiger partial charge in [-0.05, 0) is 50.7 Å². The van der Waals surface area contributed by atoms with Gasteiger partial charge in [-0.25, -0.2) is 0 Å². The molecule has 1 aliphatic carbocycles. The highest BCUT2D eigenvalue weighted by Gasteiger charge is 2.51. The van der Waals surface area contributed by atoms with Crippen molar-refractivity contribution in [3.63, 3.8) is 0 Å². The highest BCUT2D eigenvalue weighted by atomic mass is 16.2. The maximum atomic E-state index is 13.1. The molecule has 1 aromatic heterocycles. The molecule has 3 heterocycles. The van der Waals surface area contributed by atoms with Gasteiger partial charge in [0.1, 0.15) is 5.54 Å². The van der Waals surface area contributed by atoms with E-state index in [1.807, 2.05) is 35.9 Å². The van der Waals surface area contributed by atoms with Crippen LogP contribution in [0.5, 0.6) is 0 Å². The summed E-state index contributed by atoms with van der Waals surface area (Å²) < 4.78 is 0. The van der Waals surface area contributed by atoms with Crippen LogP contribution < -0.4 is 0 Å². The van der Waals surface area contributed by atoms with E-state index in [0.29, 0.717) is 18.7 Å². The van der Waals surface area contributed by atoms with E-state index < -0.39 is 5.54 Å². The summed E-state index contributed by atoms with van der Waals surface area (Å²) in [5.41, 5.74) is 1.14. The smallest absolute Gasteiger partial charge is 0.255 e. The topological polar surface area (TPSA) is 56.8 Å². The fraction of sp³-hybridized carbons (Fsp3) is 0.650. The zero-order valence-electron chi connectivity index (χ0n) is 15.8. The number of aryl methyl sites for hydroxylation is 1. The Bertz CT molecular complexity index is 690. The number of likely N-dealkylation sites (N-methyl/N-ethyl adjacent to an activating group) is 1. The molecule has 0 aromatic carbocycles. The van der Waals surface area contributed by atoms with Crippen LogP contribution in [0.4, 0.5) is 0 Å². The van der Waals surface area contributed by atoms with Crippen LogP contribution in [-0.4, -0.2) is 76.8 Å². The number of piperidine rings is 1. The summed E-state index contributed by atoms with van der Waals surface area (Å²) in [4.78, 5) is 36.3. The lowest BCUT2D eigenvalue weighted by molar-refractivity contribution is -0.154. The monoisotopic (exact) mass is 356 g/mol. The Balaban J connectivity index is 1.48. The predicted molar refractivity (Wildman–Crippen MR) is 98.8 cm³/mol. The molecule has 6 heteroatoms. The normalized spacial score (nSPS) is 23.5. The van der Waals surface area contributed by atoms with Crippen LogP contribution in [0.25, 0.3) is 0 Å².